The number of benzene rings is 1. The van der Waals surface area contributed by atoms with E-state index in [1.54, 1.807) is 36.0 Å². The lowest BCUT2D eigenvalue weighted by Crippen LogP contribution is -2.31. The second-order valence-electron chi connectivity index (χ2n) is 8.14. The van der Waals surface area contributed by atoms with Crippen molar-refractivity contribution >= 4 is 15.9 Å². The summed E-state index contributed by atoms with van der Waals surface area (Å²) in [5.74, 6) is -0.220. The van der Waals surface area contributed by atoms with Gasteiger partial charge in [-0.2, -0.15) is 9.40 Å². The third kappa shape index (κ3) is 5.05. The minimum absolute atomic E-state index is 0.145. The molecule has 1 aromatic heterocycles. The largest absolute Gasteiger partial charge is 0.344 e. The average Bonchev–Trinajstić information content (AvgIpc) is 3.05. The maximum atomic E-state index is 12.7. The van der Waals surface area contributed by atoms with Crippen LogP contribution >= 0.6 is 0 Å². The maximum absolute atomic E-state index is 12.7. The maximum Gasteiger partial charge on any atom is 0.270 e. The highest BCUT2D eigenvalue weighted by atomic mass is 32.2. The van der Waals surface area contributed by atoms with Crippen LogP contribution in [-0.2, 0) is 22.5 Å². The van der Waals surface area contributed by atoms with Crippen LogP contribution in [0.3, 0.4) is 0 Å². The van der Waals surface area contributed by atoms with Crippen molar-refractivity contribution < 1.29 is 13.2 Å². The number of aromatic nitrogens is 2. The minimum atomic E-state index is -3.49. The van der Waals surface area contributed by atoms with E-state index in [9.17, 15) is 13.2 Å². The van der Waals surface area contributed by atoms with Crippen LogP contribution in [0.25, 0.3) is 0 Å². The molecule has 0 spiro atoms. The van der Waals surface area contributed by atoms with E-state index >= 15 is 0 Å². The van der Waals surface area contributed by atoms with Crippen molar-refractivity contribution in [1.82, 2.24) is 19.4 Å². The molecule has 1 unspecified atom stereocenters. The highest BCUT2D eigenvalue weighted by Crippen LogP contribution is 2.23. The first-order chi connectivity index (χ1) is 13.4. The zero-order valence-electron chi connectivity index (χ0n) is 18.4. The van der Waals surface area contributed by atoms with Gasteiger partial charge in [0, 0.05) is 25.6 Å². The molecule has 0 fully saturated rings. The third-order valence-electron chi connectivity index (χ3n) is 4.95. The zero-order valence-corrected chi connectivity index (χ0v) is 19.2. The minimum Gasteiger partial charge on any atom is -0.344 e. The summed E-state index contributed by atoms with van der Waals surface area (Å²) in [6.45, 7) is 12.5. The van der Waals surface area contributed by atoms with Crippen LogP contribution in [0.1, 0.15) is 69.3 Å². The lowest BCUT2D eigenvalue weighted by Gasteiger charge is -2.19. The summed E-state index contributed by atoms with van der Waals surface area (Å²) in [5, 5.41) is 7.40. The molecule has 0 saturated carbocycles. The Morgan fingerprint density at radius 1 is 1.17 bits per heavy atom. The first-order valence-electron chi connectivity index (χ1n) is 9.87. The monoisotopic (exact) mass is 420 g/mol. The van der Waals surface area contributed by atoms with Gasteiger partial charge < -0.3 is 5.32 Å². The van der Waals surface area contributed by atoms with Crippen LogP contribution in [0.2, 0.25) is 0 Å². The fourth-order valence-corrected chi connectivity index (χ4v) is 4.50. The number of nitrogens with zero attached hydrogens (tertiary/aromatic N) is 3. The van der Waals surface area contributed by atoms with Gasteiger partial charge >= 0.3 is 0 Å². The van der Waals surface area contributed by atoms with Gasteiger partial charge in [-0.05, 0) is 30.7 Å². The van der Waals surface area contributed by atoms with E-state index in [0.717, 1.165) is 11.3 Å². The van der Waals surface area contributed by atoms with Crippen molar-refractivity contribution in [2.45, 2.75) is 57.9 Å². The molecule has 7 nitrogen and oxygen atoms in total. The Morgan fingerprint density at radius 3 is 2.17 bits per heavy atom. The van der Waals surface area contributed by atoms with E-state index in [-0.39, 0.29) is 22.3 Å². The number of nitrogens with one attached hydrogen (secondary N) is 1. The van der Waals surface area contributed by atoms with E-state index in [1.165, 1.54) is 4.31 Å². The fraction of sp³-hybridized carbons (Fsp3) is 0.524. The molecule has 1 aromatic carbocycles. The zero-order chi connectivity index (χ0) is 22.0. The lowest BCUT2D eigenvalue weighted by molar-refractivity contribution is 0.0930. The topological polar surface area (TPSA) is 84.3 Å². The van der Waals surface area contributed by atoms with Crippen LogP contribution in [0, 0.1) is 0 Å². The molecule has 1 N–H and O–H groups in total. The molecule has 0 aliphatic rings. The van der Waals surface area contributed by atoms with Gasteiger partial charge in [0.2, 0.25) is 10.0 Å². The highest BCUT2D eigenvalue weighted by Gasteiger charge is 2.24. The molecule has 1 heterocycles. The number of aryl methyl sites for hydroxylation is 1. The number of hydrogen-bond donors (Lipinski definition) is 1. The van der Waals surface area contributed by atoms with Crippen molar-refractivity contribution in [3.05, 3.63) is 47.3 Å². The quantitative estimate of drug-likeness (QED) is 0.745. The van der Waals surface area contributed by atoms with E-state index in [2.05, 4.69) is 10.4 Å². The Balaban J connectivity index is 2.17. The Morgan fingerprint density at radius 2 is 1.72 bits per heavy atom. The van der Waals surface area contributed by atoms with E-state index in [1.807, 2.05) is 47.6 Å². The molecule has 0 bridgehead atoms. The second-order valence-corrected chi connectivity index (χ2v) is 10.1. The standard InChI is InChI=1S/C21H32N4O3S/c1-8-25(9-2)29(27,28)17-12-10-16(11-13-17)15(3)22-20(26)18-14-19(21(4,5)6)23-24(18)7/h10-15H,8-9H2,1-7H3,(H,22,26). The summed E-state index contributed by atoms with van der Waals surface area (Å²) >= 11 is 0. The average molecular weight is 421 g/mol. The number of carbonyl (C=O) groups is 1. The molecular formula is C21H32N4O3S. The van der Waals surface area contributed by atoms with Crippen LogP contribution in [0.5, 0.6) is 0 Å². The molecule has 0 saturated heterocycles. The molecule has 0 aliphatic heterocycles. The summed E-state index contributed by atoms with van der Waals surface area (Å²) < 4.78 is 28.2. The summed E-state index contributed by atoms with van der Waals surface area (Å²) in [4.78, 5) is 13.0. The first kappa shape index (κ1) is 23.1. The third-order valence-corrected chi connectivity index (χ3v) is 7.02. The van der Waals surface area contributed by atoms with Crippen molar-refractivity contribution in [3.8, 4) is 0 Å². The molecule has 0 aliphatic carbocycles. The lowest BCUT2D eigenvalue weighted by atomic mass is 9.92. The molecule has 8 heteroatoms. The van der Waals surface area contributed by atoms with Gasteiger partial charge in [-0.1, -0.05) is 46.8 Å². The Hall–Kier alpha value is -2.19. The highest BCUT2D eigenvalue weighted by molar-refractivity contribution is 7.89. The first-order valence-corrected chi connectivity index (χ1v) is 11.3. The van der Waals surface area contributed by atoms with Crippen LogP contribution in [0.15, 0.2) is 35.2 Å². The molecule has 160 valence electrons. The summed E-state index contributed by atoms with van der Waals surface area (Å²) in [6.07, 6.45) is 0. The SMILES string of the molecule is CCN(CC)S(=O)(=O)c1ccc(C(C)NC(=O)c2cc(C(C)(C)C)nn2C)cc1. The molecule has 2 rings (SSSR count). The van der Waals surface area contributed by atoms with Crippen molar-refractivity contribution in [1.29, 1.82) is 0 Å². The Kier molecular flexibility index (Phi) is 6.90. The molecule has 0 radical (unpaired) electrons. The predicted molar refractivity (Wildman–Crippen MR) is 114 cm³/mol. The van der Waals surface area contributed by atoms with Gasteiger partial charge in [0.25, 0.3) is 5.91 Å². The molecule has 2 aromatic rings. The number of amides is 1. The van der Waals surface area contributed by atoms with Crippen molar-refractivity contribution in [2.24, 2.45) is 7.05 Å². The molecule has 1 amide bonds. The molecular weight excluding hydrogens is 388 g/mol. The predicted octanol–water partition coefficient (Wildman–Crippen LogP) is 3.24. The van der Waals surface area contributed by atoms with Gasteiger partial charge in [0.05, 0.1) is 16.6 Å². The number of hydrogen-bond acceptors (Lipinski definition) is 4. The number of sulfonamides is 1. The smallest absolute Gasteiger partial charge is 0.270 e. The summed E-state index contributed by atoms with van der Waals surface area (Å²) in [6, 6.07) is 8.19. The normalized spacial score (nSPS) is 13.5. The van der Waals surface area contributed by atoms with E-state index in [4.69, 9.17) is 0 Å². The van der Waals surface area contributed by atoms with Crippen LogP contribution < -0.4 is 5.32 Å². The molecule has 1 atom stereocenters. The van der Waals surface area contributed by atoms with Gasteiger partial charge in [-0.15, -0.1) is 0 Å². The fourth-order valence-electron chi connectivity index (χ4n) is 3.04. The van der Waals surface area contributed by atoms with Gasteiger partial charge in [0.1, 0.15) is 5.69 Å². The van der Waals surface area contributed by atoms with Crippen molar-refractivity contribution in [3.63, 3.8) is 0 Å². The van der Waals surface area contributed by atoms with Crippen LogP contribution in [0.4, 0.5) is 0 Å². The van der Waals surface area contributed by atoms with Crippen molar-refractivity contribution in [2.75, 3.05) is 13.1 Å². The van der Waals surface area contributed by atoms with Gasteiger partial charge in [-0.25, -0.2) is 8.42 Å². The Labute approximate surface area is 174 Å². The number of carbonyl (C=O) groups excluding carboxylic acids is 1. The number of rotatable bonds is 7. The summed E-state index contributed by atoms with van der Waals surface area (Å²) in [5.41, 5.74) is 2.02. The van der Waals surface area contributed by atoms with Gasteiger partial charge in [-0.3, -0.25) is 9.48 Å². The second kappa shape index (κ2) is 8.67. The summed E-state index contributed by atoms with van der Waals surface area (Å²) in [7, 11) is -1.74. The Bertz CT molecular complexity index is 953. The van der Waals surface area contributed by atoms with Gasteiger partial charge in [0.15, 0.2) is 0 Å². The molecule has 29 heavy (non-hydrogen) atoms. The van der Waals surface area contributed by atoms with Crippen LogP contribution in [-0.4, -0.2) is 41.5 Å². The van der Waals surface area contributed by atoms with E-state index in [0.29, 0.717) is 18.8 Å². The van der Waals surface area contributed by atoms with E-state index < -0.39 is 10.0 Å².